The van der Waals surface area contributed by atoms with Gasteiger partial charge in [-0.15, -0.1) is 11.6 Å². The smallest absolute Gasteiger partial charge is 0.167 e. The Morgan fingerprint density at radius 2 is 2.06 bits per heavy atom. The van der Waals surface area contributed by atoms with Crippen LogP contribution < -0.4 is 4.74 Å². The van der Waals surface area contributed by atoms with Gasteiger partial charge in [0.2, 0.25) is 0 Å². The first kappa shape index (κ1) is 13.4. The molecule has 1 nitrogen and oxygen atoms in total. The number of halogens is 3. The van der Waals surface area contributed by atoms with Crippen LogP contribution in [0.15, 0.2) is 40.9 Å². The maximum atomic E-state index is 13.8. The molecule has 0 aliphatic rings. The Balaban J connectivity index is 2.42. The van der Waals surface area contributed by atoms with Crippen molar-refractivity contribution in [2.24, 2.45) is 0 Å². The van der Waals surface area contributed by atoms with Crippen molar-refractivity contribution in [3.8, 4) is 11.5 Å². The average molecular weight is 330 g/mol. The second-order valence-corrected chi connectivity index (χ2v) is 5.06. The summed E-state index contributed by atoms with van der Waals surface area (Å²) in [6.45, 7) is 1.91. The van der Waals surface area contributed by atoms with Crippen molar-refractivity contribution in [2.75, 3.05) is 0 Å². The van der Waals surface area contributed by atoms with E-state index in [4.69, 9.17) is 16.3 Å². The van der Waals surface area contributed by atoms with E-state index in [1.165, 1.54) is 6.07 Å². The number of alkyl halides is 1. The quantitative estimate of drug-likeness (QED) is 0.682. The zero-order valence-electron chi connectivity index (χ0n) is 9.71. The first-order valence-corrected chi connectivity index (χ1v) is 6.72. The molecule has 0 radical (unpaired) electrons. The van der Waals surface area contributed by atoms with Crippen molar-refractivity contribution >= 4 is 27.5 Å². The van der Waals surface area contributed by atoms with Crippen LogP contribution in [-0.2, 0) is 5.88 Å². The molecule has 0 aliphatic carbocycles. The molecule has 0 bridgehead atoms. The van der Waals surface area contributed by atoms with E-state index in [1.807, 2.05) is 19.1 Å². The average Bonchev–Trinajstić information content (AvgIpc) is 2.36. The summed E-state index contributed by atoms with van der Waals surface area (Å²) in [7, 11) is 0. The van der Waals surface area contributed by atoms with Gasteiger partial charge < -0.3 is 4.74 Å². The van der Waals surface area contributed by atoms with Crippen LogP contribution in [0.4, 0.5) is 4.39 Å². The lowest BCUT2D eigenvalue weighted by Gasteiger charge is -2.12. The molecular formula is C14H11BrClFO. The van der Waals surface area contributed by atoms with Gasteiger partial charge in [0.15, 0.2) is 11.6 Å². The molecule has 0 atom stereocenters. The Bertz CT molecular complexity index is 572. The highest BCUT2D eigenvalue weighted by atomic mass is 79.9. The molecule has 2 rings (SSSR count). The van der Waals surface area contributed by atoms with E-state index >= 15 is 0 Å². The Labute approximate surface area is 119 Å². The largest absolute Gasteiger partial charge is 0.454 e. The molecule has 0 amide bonds. The Morgan fingerprint density at radius 3 is 2.78 bits per heavy atom. The van der Waals surface area contributed by atoms with Crippen LogP contribution in [0.3, 0.4) is 0 Å². The number of ether oxygens (including phenoxy) is 1. The van der Waals surface area contributed by atoms with E-state index in [-0.39, 0.29) is 11.6 Å². The molecule has 4 heteroatoms. The van der Waals surface area contributed by atoms with Gasteiger partial charge in [-0.2, -0.15) is 0 Å². The van der Waals surface area contributed by atoms with Crippen molar-refractivity contribution in [1.82, 2.24) is 0 Å². The highest BCUT2D eigenvalue weighted by Gasteiger charge is 2.11. The van der Waals surface area contributed by atoms with Crippen LogP contribution in [0.5, 0.6) is 11.5 Å². The molecule has 18 heavy (non-hydrogen) atoms. The summed E-state index contributed by atoms with van der Waals surface area (Å²) in [5.74, 6) is 0.599. The van der Waals surface area contributed by atoms with E-state index in [9.17, 15) is 4.39 Å². The summed E-state index contributed by atoms with van der Waals surface area (Å²) in [6.07, 6.45) is 0. The van der Waals surface area contributed by atoms with E-state index in [0.29, 0.717) is 11.3 Å². The van der Waals surface area contributed by atoms with E-state index in [0.717, 1.165) is 10.0 Å². The predicted molar refractivity (Wildman–Crippen MR) is 74.9 cm³/mol. The number of hydrogen-bond donors (Lipinski definition) is 0. The minimum absolute atomic E-state index is 0.189. The van der Waals surface area contributed by atoms with Gasteiger partial charge in [0.25, 0.3) is 0 Å². The second-order valence-electron chi connectivity index (χ2n) is 3.87. The van der Waals surface area contributed by atoms with Crippen molar-refractivity contribution < 1.29 is 9.13 Å². The molecule has 94 valence electrons. The molecule has 0 aliphatic heterocycles. The van der Waals surface area contributed by atoms with E-state index in [2.05, 4.69) is 15.9 Å². The Morgan fingerprint density at radius 1 is 1.28 bits per heavy atom. The maximum absolute atomic E-state index is 13.8. The highest BCUT2D eigenvalue weighted by molar-refractivity contribution is 9.10. The summed E-state index contributed by atoms with van der Waals surface area (Å²) in [5.41, 5.74) is 1.57. The van der Waals surface area contributed by atoms with Crippen molar-refractivity contribution in [2.45, 2.75) is 12.8 Å². The van der Waals surface area contributed by atoms with Crippen molar-refractivity contribution in [3.05, 3.63) is 57.8 Å². The standard InChI is InChI=1S/C14H11BrClFO/c1-9-5-6-11(15)7-13(9)18-14-10(8-16)3-2-4-12(14)17/h2-7H,8H2,1H3. The fraction of sp³-hybridized carbons (Fsp3) is 0.143. The van der Waals surface area contributed by atoms with Gasteiger partial charge in [0, 0.05) is 10.0 Å². The number of rotatable bonds is 3. The summed E-state index contributed by atoms with van der Waals surface area (Å²) in [5, 5.41) is 0. The van der Waals surface area contributed by atoms with Gasteiger partial charge in [-0.1, -0.05) is 34.1 Å². The van der Waals surface area contributed by atoms with Gasteiger partial charge in [0.05, 0.1) is 5.88 Å². The minimum Gasteiger partial charge on any atom is -0.454 e. The summed E-state index contributed by atoms with van der Waals surface area (Å²) < 4.78 is 20.3. The summed E-state index contributed by atoms with van der Waals surface area (Å²) in [6, 6.07) is 10.3. The van der Waals surface area contributed by atoms with Gasteiger partial charge >= 0.3 is 0 Å². The lowest BCUT2D eigenvalue weighted by molar-refractivity contribution is 0.435. The molecular weight excluding hydrogens is 319 g/mol. The first-order valence-electron chi connectivity index (χ1n) is 5.39. The zero-order valence-corrected chi connectivity index (χ0v) is 12.1. The second kappa shape index (κ2) is 5.72. The molecule has 0 N–H and O–H groups in total. The Hall–Kier alpha value is -1.06. The lowest BCUT2D eigenvalue weighted by Crippen LogP contribution is -1.95. The molecule has 2 aromatic carbocycles. The monoisotopic (exact) mass is 328 g/mol. The number of benzene rings is 2. The van der Waals surface area contributed by atoms with Gasteiger partial charge in [-0.25, -0.2) is 4.39 Å². The van der Waals surface area contributed by atoms with Gasteiger partial charge in [0.1, 0.15) is 5.75 Å². The number of para-hydroxylation sites is 1. The van der Waals surface area contributed by atoms with Gasteiger partial charge in [-0.05, 0) is 30.7 Å². The van der Waals surface area contributed by atoms with Crippen molar-refractivity contribution in [3.63, 3.8) is 0 Å². The third kappa shape index (κ3) is 2.85. The molecule has 2 aromatic rings. The highest BCUT2D eigenvalue weighted by Crippen LogP contribution is 2.32. The molecule has 0 saturated carbocycles. The van der Waals surface area contributed by atoms with Gasteiger partial charge in [-0.3, -0.25) is 0 Å². The molecule has 0 unspecified atom stereocenters. The molecule has 0 fully saturated rings. The topological polar surface area (TPSA) is 9.23 Å². The SMILES string of the molecule is Cc1ccc(Br)cc1Oc1c(F)cccc1CCl. The molecule has 0 heterocycles. The van der Waals surface area contributed by atoms with Crippen LogP contribution in [0.25, 0.3) is 0 Å². The Kier molecular flexibility index (Phi) is 4.25. The molecule has 0 aromatic heterocycles. The normalized spacial score (nSPS) is 10.4. The van der Waals surface area contributed by atoms with Crippen LogP contribution >= 0.6 is 27.5 Å². The van der Waals surface area contributed by atoms with E-state index in [1.54, 1.807) is 18.2 Å². The number of aryl methyl sites for hydroxylation is 1. The van der Waals surface area contributed by atoms with E-state index < -0.39 is 5.82 Å². The number of hydrogen-bond acceptors (Lipinski definition) is 1. The van der Waals surface area contributed by atoms with Crippen LogP contribution in [-0.4, -0.2) is 0 Å². The first-order chi connectivity index (χ1) is 8.61. The fourth-order valence-electron chi connectivity index (χ4n) is 1.57. The minimum atomic E-state index is -0.410. The fourth-order valence-corrected chi connectivity index (χ4v) is 2.12. The third-order valence-electron chi connectivity index (χ3n) is 2.55. The molecule has 0 saturated heterocycles. The predicted octanol–water partition coefficient (Wildman–Crippen LogP) is 5.43. The summed E-state index contributed by atoms with van der Waals surface area (Å²) >= 11 is 9.15. The maximum Gasteiger partial charge on any atom is 0.167 e. The molecule has 0 spiro atoms. The zero-order chi connectivity index (χ0) is 13.1. The van der Waals surface area contributed by atoms with Crippen molar-refractivity contribution in [1.29, 1.82) is 0 Å². The summed E-state index contributed by atoms with van der Waals surface area (Å²) in [4.78, 5) is 0. The van der Waals surface area contributed by atoms with Crippen LogP contribution in [0.1, 0.15) is 11.1 Å². The van der Waals surface area contributed by atoms with Crippen LogP contribution in [0, 0.1) is 12.7 Å². The lowest BCUT2D eigenvalue weighted by atomic mass is 10.2. The third-order valence-corrected chi connectivity index (χ3v) is 3.34. The van der Waals surface area contributed by atoms with Crippen LogP contribution in [0.2, 0.25) is 0 Å².